The quantitative estimate of drug-likeness (QED) is 0.343. The van der Waals surface area contributed by atoms with Gasteiger partial charge in [-0.2, -0.15) is 0 Å². The van der Waals surface area contributed by atoms with Crippen LogP contribution in [-0.2, 0) is 4.74 Å². The van der Waals surface area contributed by atoms with E-state index in [-0.39, 0.29) is 6.54 Å². The van der Waals surface area contributed by atoms with Crippen LogP contribution in [0.25, 0.3) is 0 Å². The number of benzene rings is 1. The fourth-order valence-corrected chi connectivity index (χ4v) is 1.83. The number of nitrogens with two attached hydrogens (primary N) is 1. The highest BCUT2D eigenvalue weighted by Gasteiger charge is 2.24. The van der Waals surface area contributed by atoms with Gasteiger partial charge in [0.15, 0.2) is 0 Å². The number of ether oxygens (including phenoxy) is 1. The molecule has 0 atom stereocenters. The van der Waals surface area contributed by atoms with E-state index < -0.39 is 33.6 Å². The molecule has 1 saturated carbocycles. The molecule has 3 N–H and O–H groups in total. The molecule has 0 unspecified atom stereocenters. The number of hydrogen-bond donors (Lipinski definition) is 2. The number of nitrogens with zero attached hydrogens (tertiary/aromatic N) is 1. The standard InChI is InChI=1S/C13H16FN3O4/c14-9-3-4-10(17(19)20)12(15)11(9)13(18)16-5-6-21-7-8-1-2-8/h3-4,8H,1-2,5-7,15H2,(H,16,18). The Hall–Kier alpha value is -2.22. The summed E-state index contributed by atoms with van der Waals surface area (Å²) in [7, 11) is 0. The molecule has 0 heterocycles. The first-order valence-corrected chi connectivity index (χ1v) is 6.59. The lowest BCUT2D eigenvalue weighted by atomic mass is 10.1. The van der Waals surface area contributed by atoms with E-state index in [1.807, 2.05) is 0 Å². The summed E-state index contributed by atoms with van der Waals surface area (Å²) in [6.45, 7) is 1.15. The van der Waals surface area contributed by atoms with Gasteiger partial charge in [-0.25, -0.2) is 4.39 Å². The van der Waals surface area contributed by atoms with E-state index >= 15 is 0 Å². The molecule has 2 rings (SSSR count). The van der Waals surface area contributed by atoms with Crippen LogP contribution in [0, 0.1) is 21.8 Å². The van der Waals surface area contributed by atoms with Crippen molar-refractivity contribution in [1.82, 2.24) is 5.32 Å². The summed E-state index contributed by atoms with van der Waals surface area (Å²) in [4.78, 5) is 21.8. The summed E-state index contributed by atoms with van der Waals surface area (Å²) in [5, 5.41) is 13.2. The van der Waals surface area contributed by atoms with Crippen molar-refractivity contribution in [3.63, 3.8) is 0 Å². The van der Waals surface area contributed by atoms with Gasteiger partial charge in [0.1, 0.15) is 17.1 Å². The highest BCUT2D eigenvalue weighted by Crippen LogP contribution is 2.29. The maximum Gasteiger partial charge on any atom is 0.293 e. The van der Waals surface area contributed by atoms with Crippen molar-refractivity contribution in [1.29, 1.82) is 0 Å². The maximum absolute atomic E-state index is 13.6. The molecule has 1 aliphatic rings. The fourth-order valence-electron chi connectivity index (χ4n) is 1.83. The van der Waals surface area contributed by atoms with Gasteiger partial charge in [0, 0.05) is 19.2 Å². The van der Waals surface area contributed by atoms with E-state index in [0.717, 1.165) is 12.1 Å². The van der Waals surface area contributed by atoms with Crippen LogP contribution in [0.3, 0.4) is 0 Å². The predicted octanol–water partition coefficient (Wildman–Crippen LogP) is 1.47. The number of amides is 1. The van der Waals surface area contributed by atoms with E-state index in [0.29, 0.717) is 19.1 Å². The number of nitrogens with one attached hydrogen (secondary N) is 1. The molecule has 1 aromatic rings. The molecule has 0 bridgehead atoms. The number of nitro groups is 1. The van der Waals surface area contributed by atoms with Crippen LogP contribution in [-0.4, -0.2) is 30.6 Å². The molecule has 0 spiro atoms. The summed E-state index contributed by atoms with van der Waals surface area (Å²) in [6.07, 6.45) is 2.34. The number of hydrogen-bond acceptors (Lipinski definition) is 5. The lowest BCUT2D eigenvalue weighted by Gasteiger charge is -2.09. The smallest absolute Gasteiger partial charge is 0.293 e. The number of carbonyl (C=O) groups excluding carboxylic acids is 1. The number of rotatable bonds is 7. The minimum atomic E-state index is -0.894. The van der Waals surface area contributed by atoms with Crippen LogP contribution in [0.1, 0.15) is 23.2 Å². The zero-order valence-corrected chi connectivity index (χ0v) is 11.3. The van der Waals surface area contributed by atoms with Crippen LogP contribution < -0.4 is 11.1 Å². The van der Waals surface area contributed by atoms with Gasteiger partial charge >= 0.3 is 0 Å². The minimum Gasteiger partial charge on any atom is -0.392 e. The van der Waals surface area contributed by atoms with Gasteiger partial charge in [-0.05, 0) is 24.8 Å². The van der Waals surface area contributed by atoms with Gasteiger partial charge in [0.05, 0.1) is 11.5 Å². The molecule has 1 aliphatic carbocycles. The van der Waals surface area contributed by atoms with E-state index in [2.05, 4.69) is 5.32 Å². The Balaban J connectivity index is 1.94. The zero-order chi connectivity index (χ0) is 15.4. The summed E-state index contributed by atoms with van der Waals surface area (Å²) in [5.74, 6) is -1.07. The van der Waals surface area contributed by atoms with Gasteiger partial charge in [-0.1, -0.05) is 0 Å². The SMILES string of the molecule is Nc1c([N+](=O)[O-])ccc(F)c1C(=O)NCCOCC1CC1. The lowest BCUT2D eigenvalue weighted by molar-refractivity contribution is -0.384. The fraction of sp³-hybridized carbons (Fsp3) is 0.462. The number of carbonyl (C=O) groups is 1. The summed E-state index contributed by atoms with van der Waals surface area (Å²) in [5.41, 5.74) is 4.01. The average Bonchev–Trinajstić information content (AvgIpc) is 3.22. The zero-order valence-electron chi connectivity index (χ0n) is 11.3. The molecule has 0 aliphatic heterocycles. The third-order valence-corrected chi connectivity index (χ3v) is 3.18. The maximum atomic E-state index is 13.6. The third kappa shape index (κ3) is 3.88. The normalized spacial score (nSPS) is 14.0. The van der Waals surface area contributed by atoms with Crippen LogP contribution in [0.5, 0.6) is 0 Å². The predicted molar refractivity (Wildman–Crippen MR) is 73.3 cm³/mol. The molecule has 0 aromatic heterocycles. The van der Waals surface area contributed by atoms with Crippen molar-refractivity contribution in [2.45, 2.75) is 12.8 Å². The second-order valence-corrected chi connectivity index (χ2v) is 4.89. The molecule has 114 valence electrons. The Morgan fingerprint density at radius 1 is 1.52 bits per heavy atom. The number of nitrogen functional groups attached to an aromatic ring is 1. The van der Waals surface area contributed by atoms with Crippen molar-refractivity contribution < 1.29 is 18.8 Å². The summed E-state index contributed by atoms with van der Waals surface area (Å²) < 4.78 is 19.0. The number of nitro benzene ring substituents is 1. The molecular weight excluding hydrogens is 281 g/mol. The van der Waals surface area contributed by atoms with E-state index in [1.165, 1.54) is 12.8 Å². The Morgan fingerprint density at radius 2 is 2.24 bits per heavy atom. The third-order valence-electron chi connectivity index (χ3n) is 3.18. The lowest BCUT2D eigenvalue weighted by Crippen LogP contribution is -2.29. The van der Waals surface area contributed by atoms with Crippen LogP contribution >= 0.6 is 0 Å². The highest BCUT2D eigenvalue weighted by molar-refractivity contribution is 6.01. The molecular formula is C13H16FN3O4. The Bertz CT molecular complexity index is 561. The van der Waals surface area contributed by atoms with Gasteiger partial charge < -0.3 is 15.8 Å². The monoisotopic (exact) mass is 297 g/mol. The van der Waals surface area contributed by atoms with E-state index in [9.17, 15) is 19.3 Å². The van der Waals surface area contributed by atoms with Gasteiger partial charge in [0.2, 0.25) is 0 Å². The van der Waals surface area contributed by atoms with Crippen LogP contribution in [0.4, 0.5) is 15.8 Å². The topological polar surface area (TPSA) is 107 Å². The summed E-state index contributed by atoms with van der Waals surface area (Å²) >= 11 is 0. The van der Waals surface area contributed by atoms with E-state index in [1.54, 1.807) is 0 Å². The van der Waals surface area contributed by atoms with Crippen molar-refractivity contribution >= 4 is 17.3 Å². The number of halogens is 1. The van der Waals surface area contributed by atoms with Crippen molar-refractivity contribution in [2.75, 3.05) is 25.5 Å². The molecule has 1 amide bonds. The molecule has 0 saturated heterocycles. The Kier molecular flexibility index (Phi) is 4.69. The second-order valence-electron chi connectivity index (χ2n) is 4.89. The Labute approximate surface area is 120 Å². The molecule has 7 nitrogen and oxygen atoms in total. The van der Waals surface area contributed by atoms with Crippen molar-refractivity contribution in [2.24, 2.45) is 5.92 Å². The minimum absolute atomic E-state index is 0.188. The van der Waals surface area contributed by atoms with Gasteiger partial charge in [0.25, 0.3) is 11.6 Å². The van der Waals surface area contributed by atoms with Gasteiger partial charge in [-0.3, -0.25) is 14.9 Å². The van der Waals surface area contributed by atoms with E-state index in [4.69, 9.17) is 10.5 Å². The molecule has 21 heavy (non-hydrogen) atoms. The van der Waals surface area contributed by atoms with Crippen LogP contribution in [0.15, 0.2) is 12.1 Å². The molecule has 0 radical (unpaired) electrons. The van der Waals surface area contributed by atoms with Crippen molar-refractivity contribution in [3.8, 4) is 0 Å². The molecule has 1 fully saturated rings. The average molecular weight is 297 g/mol. The first kappa shape index (κ1) is 15.2. The number of anilines is 1. The highest BCUT2D eigenvalue weighted by atomic mass is 19.1. The second kappa shape index (κ2) is 6.49. The van der Waals surface area contributed by atoms with Crippen LogP contribution in [0.2, 0.25) is 0 Å². The molecule has 8 heteroatoms. The first-order valence-electron chi connectivity index (χ1n) is 6.59. The molecule has 1 aromatic carbocycles. The first-order chi connectivity index (χ1) is 10.0. The van der Waals surface area contributed by atoms with Gasteiger partial charge in [-0.15, -0.1) is 0 Å². The summed E-state index contributed by atoms with van der Waals surface area (Å²) in [6, 6.07) is 1.78. The Morgan fingerprint density at radius 3 is 2.86 bits per heavy atom. The van der Waals surface area contributed by atoms with Crippen molar-refractivity contribution in [3.05, 3.63) is 33.6 Å². The largest absolute Gasteiger partial charge is 0.392 e.